The summed E-state index contributed by atoms with van der Waals surface area (Å²) in [5.41, 5.74) is 10.7. The molecule has 1 fully saturated rings. The van der Waals surface area contributed by atoms with E-state index < -0.39 is 0 Å². The third-order valence-corrected chi connectivity index (χ3v) is 5.50. The maximum atomic E-state index is 9.48. The smallest absolute Gasteiger partial charge is 0.258 e. The largest absolute Gasteiger partial charge is 0.492 e. The van der Waals surface area contributed by atoms with Crippen molar-refractivity contribution in [2.24, 2.45) is 11.7 Å². The number of nitriles is 1. The minimum absolute atomic E-state index is 0.0719. The summed E-state index contributed by atoms with van der Waals surface area (Å²) in [6.07, 6.45) is 4.27. The van der Waals surface area contributed by atoms with Gasteiger partial charge in [0.05, 0.1) is 12.2 Å². The number of fused-ring (bicyclic) bond motifs is 1. The van der Waals surface area contributed by atoms with Crippen molar-refractivity contribution in [1.29, 1.82) is 5.26 Å². The lowest BCUT2D eigenvalue weighted by atomic mass is 10.0. The fraction of sp³-hybridized carbons (Fsp3) is 0.318. The molecule has 6 heteroatoms. The monoisotopic (exact) mass is 372 g/mol. The number of hydrogen-bond donors (Lipinski definition) is 1. The van der Waals surface area contributed by atoms with Gasteiger partial charge in [0.2, 0.25) is 5.82 Å². The summed E-state index contributed by atoms with van der Waals surface area (Å²) < 4.78 is 11.3. The third-order valence-electron chi connectivity index (χ3n) is 5.50. The van der Waals surface area contributed by atoms with Crippen LogP contribution in [-0.4, -0.2) is 16.7 Å². The second-order valence-electron chi connectivity index (χ2n) is 7.52. The van der Waals surface area contributed by atoms with Crippen LogP contribution in [0.3, 0.4) is 0 Å². The van der Waals surface area contributed by atoms with E-state index in [4.69, 9.17) is 15.0 Å². The van der Waals surface area contributed by atoms with Crippen molar-refractivity contribution >= 4 is 0 Å². The molecule has 140 valence electrons. The summed E-state index contributed by atoms with van der Waals surface area (Å²) in [5.74, 6) is 2.17. The molecular formula is C22H20N4O2. The molecule has 0 radical (unpaired) electrons. The predicted molar refractivity (Wildman–Crippen MR) is 103 cm³/mol. The summed E-state index contributed by atoms with van der Waals surface area (Å²) in [5, 5.41) is 13.6. The van der Waals surface area contributed by atoms with Crippen molar-refractivity contribution in [3.63, 3.8) is 0 Å². The van der Waals surface area contributed by atoms with Gasteiger partial charge in [0.25, 0.3) is 5.89 Å². The van der Waals surface area contributed by atoms with E-state index in [9.17, 15) is 5.26 Å². The summed E-state index contributed by atoms with van der Waals surface area (Å²) in [4.78, 5) is 4.57. The van der Waals surface area contributed by atoms with Crippen LogP contribution in [0.2, 0.25) is 0 Å². The van der Waals surface area contributed by atoms with E-state index >= 15 is 0 Å². The Bertz CT molecular complexity index is 1080. The predicted octanol–water partition coefficient (Wildman–Crippen LogP) is 4.01. The van der Waals surface area contributed by atoms with Crippen LogP contribution in [0.15, 0.2) is 40.9 Å². The molecule has 1 unspecified atom stereocenters. The van der Waals surface area contributed by atoms with Crippen LogP contribution >= 0.6 is 0 Å². The van der Waals surface area contributed by atoms with Crippen molar-refractivity contribution in [3.05, 3.63) is 53.1 Å². The molecule has 0 bridgehead atoms. The van der Waals surface area contributed by atoms with E-state index in [0.717, 1.165) is 24.0 Å². The fourth-order valence-corrected chi connectivity index (χ4v) is 3.71. The highest BCUT2D eigenvalue weighted by Gasteiger charge is 2.25. The highest BCUT2D eigenvalue weighted by Crippen LogP contribution is 2.36. The second-order valence-corrected chi connectivity index (χ2v) is 7.52. The Balaban J connectivity index is 1.44. The average Bonchev–Trinajstić information content (AvgIpc) is 3.29. The lowest BCUT2D eigenvalue weighted by molar-refractivity contribution is 0.299. The number of aromatic nitrogens is 2. The van der Waals surface area contributed by atoms with Gasteiger partial charge < -0.3 is 15.0 Å². The molecule has 2 aliphatic rings. The first kappa shape index (κ1) is 17.0. The Morgan fingerprint density at radius 1 is 1.21 bits per heavy atom. The number of nitrogens with zero attached hydrogens (tertiary/aromatic N) is 3. The first-order chi connectivity index (χ1) is 13.7. The molecule has 5 rings (SSSR count). The molecular weight excluding hydrogens is 352 g/mol. The van der Waals surface area contributed by atoms with Crippen LogP contribution in [0.5, 0.6) is 5.75 Å². The van der Waals surface area contributed by atoms with Gasteiger partial charge in [-0.25, -0.2) is 0 Å². The number of benzene rings is 2. The minimum Gasteiger partial charge on any atom is -0.492 e. The molecule has 0 aliphatic heterocycles. The zero-order valence-electron chi connectivity index (χ0n) is 15.4. The number of ether oxygens (including phenoxy) is 1. The average molecular weight is 372 g/mol. The minimum atomic E-state index is 0.0719. The summed E-state index contributed by atoms with van der Waals surface area (Å²) in [7, 11) is 0. The fourth-order valence-electron chi connectivity index (χ4n) is 3.71. The molecule has 2 N–H and O–H groups in total. The zero-order chi connectivity index (χ0) is 19.1. The molecule has 1 aromatic heterocycles. The summed E-state index contributed by atoms with van der Waals surface area (Å²) in [6.45, 7) is 0.667. The molecule has 6 nitrogen and oxygen atoms in total. The summed E-state index contributed by atoms with van der Waals surface area (Å²) in [6, 6.07) is 13.7. The van der Waals surface area contributed by atoms with E-state index in [-0.39, 0.29) is 6.04 Å². The molecule has 3 aromatic rings. The molecule has 28 heavy (non-hydrogen) atoms. The lowest BCUT2D eigenvalue weighted by Crippen LogP contribution is -2.04. The van der Waals surface area contributed by atoms with Crippen LogP contribution in [-0.2, 0) is 6.42 Å². The van der Waals surface area contributed by atoms with Gasteiger partial charge in [0, 0.05) is 17.2 Å². The SMILES string of the molecule is N#Cc1cc(-c2nc(-c3cccc4c3CCC4N)no2)ccc1OCC1CC1. The van der Waals surface area contributed by atoms with E-state index in [1.807, 2.05) is 18.2 Å². The van der Waals surface area contributed by atoms with Crippen LogP contribution < -0.4 is 10.5 Å². The van der Waals surface area contributed by atoms with Crippen LogP contribution in [0.25, 0.3) is 22.8 Å². The molecule has 0 spiro atoms. The quantitative estimate of drug-likeness (QED) is 0.727. The highest BCUT2D eigenvalue weighted by molar-refractivity contribution is 5.67. The van der Waals surface area contributed by atoms with Gasteiger partial charge >= 0.3 is 0 Å². The first-order valence-corrected chi connectivity index (χ1v) is 9.61. The number of hydrogen-bond acceptors (Lipinski definition) is 6. The van der Waals surface area contributed by atoms with E-state index in [0.29, 0.717) is 41.1 Å². The normalized spacial score (nSPS) is 17.9. The van der Waals surface area contributed by atoms with Crippen molar-refractivity contribution in [1.82, 2.24) is 10.1 Å². The van der Waals surface area contributed by atoms with Crippen molar-refractivity contribution in [2.75, 3.05) is 6.61 Å². The molecule has 2 aliphatic carbocycles. The standard InChI is InChI=1S/C22H20N4O2/c23-11-15-10-14(6-9-20(15)27-12-13-4-5-13)22-25-21(26-28-22)18-3-1-2-17-16(18)7-8-19(17)24/h1-3,6,9-10,13,19H,4-5,7-8,12,24H2. The second kappa shape index (κ2) is 6.77. The van der Waals surface area contributed by atoms with Crippen LogP contribution in [0.4, 0.5) is 0 Å². The number of nitrogens with two attached hydrogens (primary N) is 1. The maximum absolute atomic E-state index is 9.48. The summed E-state index contributed by atoms with van der Waals surface area (Å²) >= 11 is 0. The lowest BCUT2D eigenvalue weighted by Gasteiger charge is -2.07. The van der Waals surface area contributed by atoms with Crippen molar-refractivity contribution in [3.8, 4) is 34.7 Å². The Labute approximate surface area is 162 Å². The van der Waals surface area contributed by atoms with Crippen molar-refractivity contribution in [2.45, 2.75) is 31.7 Å². The van der Waals surface area contributed by atoms with Gasteiger partial charge in [-0.15, -0.1) is 0 Å². The third kappa shape index (κ3) is 3.04. The molecule has 1 heterocycles. The van der Waals surface area contributed by atoms with E-state index in [1.54, 1.807) is 12.1 Å². The molecule has 0 saturated heterocycles. The molecule has 0 amide bonds. The Morgan fingerprint density at radius 2 is 2.11 bits per heavy atom. The van der Waals surface area contributed by atoms with Gasteiger partial charge in [-0.2, -0.15) is 10.2 Å². The van der Waals surface area contributed by atoms with Gasteiger partial charge in [-0.1, -0.05) is 23.4 Å². The Kier molecular flexibility index (Phi) is 4.10. The Morgan fingerprint density at radius 3 is 2.93 bits per heavy atom. The zero-order valence-corrected chi connectivity index (χ0v) is 15.4. The van der Waals surface area contributed by atoms with Gasteiger partial charge in [0.15, 0.2) is 0 Å². The topological polar surface area (TPSA) is 98.0 Å². The molecule has 1 saturated carbocycles. The molecule has 1 atom stereocenters. The van der Waals surface area contributed by atoms with Gasteiger partial charge in [-0.05, 0) is 60.9 Å². The van der Waals surface area contributed by atoms with Crippen LogP contribution in [0.1, 0.15) is 42.0 Å². The maximum Gasteiger partial charge on any atom is 0.258 e. The highest BCUT2D eigenvalue weighted by atomic mass is 16.5. The van der Waals surface area contributed by atoms with Gasteiger partial charge in [0.1, 0.15) is 11.8 Å². The van der Waals surface area contributed by atoms with E-state index in [2.05, 4.69) is 22.3 Å². The van der Waals surface area contributed by atoms with Crippen molar-refractivity contribution < 1.29 is 9.26 Å². The Hall–Kier alpha value is -3.17. The molecule has 2 aromatic carbocycles. The first-order valence-electron chi connectivity index (χ1n) is 9.61. The van der Waals surface area contributed by atoms with Gasteiger partial charge in [-0.3, -0.25) is 0 Å². The van der Waals surface area contributed by atoms with E-state index in [1.165, 1.54) is 18.4 Å². The number of rotatable bonds is 5. The van der Waals surface area contributed by atoms with Crippen LogP contribution in [0, 0.1) is 17.2 Å².